The zero-order valence-electron chi connectivity index (χ0n) is 10.8. The number of anilines is 1. The molecule has 0 unspecified atom stereocenters. The van der Waals surface area contributed by atoms with E-state index in [1.54, 1.807) is 17.3 Å². The Morgan fingerprint density at radius 3 is 2.79 bits per heavy atom. The van der Waals surface area contributed by atoms with Crippen molar-refractivity contribution in [2.45, 2.75) is 32.0 Å². The number of aliphatic hydroxyl groups is 1. The zero-order valence-corrected chi connectivity index (χ0v) is 10.8. The summed E-state index contributed by atoms with van der Waals surface area (Å²) < 4.78 is 0. The quantitative estimate of drug-likeness (QED) is 0.686. The van der Waals surface area contributed by atoms with Crippen molar-refractivity contribution in [3.63, 3.8) is 0 Å². The highest BCUT2D eigenvalue weighted by atomic mass is 16.4. The molecule has 104 valence electrons. The van der Waals surface area contributed by atoms with Crippen LogP contribution in [-0.2, 0) is 11.3 Å². The molecule has 0 amide bonds. The van der Waals surface area contributed by atoms with E-state index in [2.05, 4.69) is 15.3 Å². The summed E-state index contributed by atoms with van der Waals surface area (Å²) in [6.07, 6.45) is 3.04. The Kier molecular flexibility index (Phi) is 4.28. The monoisotopic (exact) mass is 266 g/mol. The molecule has 0 spiro atoms. The maximum atomic E-state index is 11.1. The lowest BCUT2D eigenvalue weighted by Crippen LogP contribution is -2.35. The Bertz CT molecular complexity index is 437. The molecule has 1 fully saturated rings. The molecule has 1 aliphatic heterocycles. The fourth-order valence-electron chi connectivity index (χ4n) is 2.23. The van der Waals surface area contributed by atoms with Crippen LogP contribution in [0.1, 0.15) is 18.9 Å². The highest BCUT2D eigenvalue weighted by Crippen LogP contribution is 2.20. The van der Waals surface area contributed by atoms with Crippen molar-refractivity contribution in [2.75, 3.05) is 18.4 Å². The molecule has 2 atom stereocenters. The average molecular weight is 266 g/mol. The number of nitrogens with zero attached hydrogens (tertiary/aromatic N) is 3. The van der Waals surface area contributed by atoms with Gasteiger partial charge < -0.3 is 15.5 Å². The molecule has 1 saturated heterocycles. The van der Waals surface area contributed by atoms with Gasteiger partial charge >= 0.3 is 5.97 Å². The van der Waals surface area contributed by atoms with Crippen molar-refractivity contribution >= 4 is 11.9 Å². The lowest BCUT2D eigenvalue weighted by molar-refractivity contribution is -0.142. The van der Waals surface area contributed by atoms with Crippen LogP contribution in [0, 0.1) is 0 Å². The number of carboxylic acids is 1. The minimum Gasteiger partial charge on any atom is -0.480 e. The third kappa shape index (κ3) is 3.39. The molecule has 3 N–H and O–H groups in total. The standard InChI is InChI=1S/C12H18N4O3/c1-2-13-12-14-4-8(5-15-12)6-16-7-9(17)3-10(16)11(18)19/h4-5,9-10,17H,2-3,6-7H2,1H3,(H,18,19)(H,13,14,15)/t9-,10+/m1/s1. The Labute approximate surface area is 111 Å². The second kappa shape index (κ2) is 5.94. The van der Waals surface area contributed by atoms with Crippen LogP contribution in [0.3, 0.4) is 0 Å². The lowest BCUT2D eigenvalue weighted by atomic mass is 10.2. The van der Waals surface area contributed by atoms with Gasteiger partial charge in [-0.25, -0.2) is 9.97 Å². The molecule has 0 aromatic carbocycles. The van der Waals surface area contributed by atoms with Gasteiger partial charge in [-0.3, -0.25) is 9.69 Å². The SMILES string of the molecule is CCNc1ncc(CN2C[C@H](O)C[C@H]2C(=O)O)cn1. The van der Waals surface area contributed by atoms with E-state index < -0.39 is 18.1 Å². The predicted octanol–water partition coefficient (Wildman–Crippen LogP) is -0.0718. The van der Waals surface area contributed by atoms with E-state index in [9.17, 15) is 9.90 Å². The van der Waals surface area contributed by atoms with E-state index in [-0.39, 0.29) is 6.42 Å². The van der Waals surface area contributed by atoms with Gasteiger partial charge in [-0.05, 0) is 6.92 Å². The van der Waals surface area contributed by atoms with Crippen molar-refractivity contribution in [1.29, 1.82) is 0 Å². The van der Waals surface area contributed by atoms with Crippen LogP contribution in [0.25, 0.3) is 0 Å². The van der Waals surface area contributed by atoms with Crippen LogP contribution >= 0.6 is 0 Å². The maximum Gasteiger partial charge on any atom is 0.321 e. The van der Waals surface area contributed by atoms with Gasteiger partial charge in [0.25, 0.3) is 0 Å². The molecule has 7 heteroatoms. The highest BCUT2D eigenvalue weighted by Gasteiger charge is 2.35. The lowest BCUT2D eigenvalue weighted by Gasteiger charge is -2.20. The number of rotatable bonds is 5. The number of carboxylic acid groups (broad SMARTS) is 1. The Morgan fingerprint density at radius 1 is 1.53 bits per heavy atom. The van der Waals surface area contributed by atoms with E-state index in [1.807, 2.05) is 6.92 Å². The van der Waals surface area contributed by atoms with Crippen LogP contribution < -0.4 is 5.32 Å². The summed E-state index contributed by atoms with van der Waals surface area (Å²) in [6.45, 7) is 3.51. The molecule has 1 aromatic rings. The largest absolute Gasteiger partial charge is 0.480 e. The Morgan fingerprint density at radius 2 is 2.21 bits per heavy atom. The molecule has 1 aliphatic rings. The van der Waals surface area contributed by atoms with Crippen molar-refractivity contribution in [3.8, 4) is 0 Å². The normalized spacial score (nSPS) is 23.5. The molecule has 2 rings (SSSR count). The van der Waals surface area contributed by atoms with Crippen LogP contribution in [0.5, 0.6) is 0 Å². The van der Waals surface area contributed by atoms with E-state index in [4.69, 9.17) is 5.11 Å². The second-order valence-electron chi connectivity index (χ2n) is 4.62. The van der Waals surface area contributed by atoms with Crippen LogP contribution in [-0.4, -0.2) is 56.3 Å². The van der Waals surface area contributed by atoms with E-state index in [1.165, 1.54) is 0 Å². The highest BCUT2D eigenvalue weighted by molar-refractivity contribution is 5.74. The molecule has 19 heavy (non-hydrogen) atoms. The van der Waals surface area contributed by atoms with Crippen LogP contribution in [0.2, 0.25) is 0 Å². The molecular formula is C12H18N4O3. The summed E-state index contributed by atoms with van der Waals surface area (Å²) in [5.74, 6) is -0.343. The first-order valence-corrected chi connectivity index (χ1v) is 6.30. The molecule has 2 heterocycles. The Hall–Kier alpha value is -1.73. The minimum absolute atomic E-state index is 0.270. The van der Waals surface area contributed by atoms with Gasteiger partial charge in [0, 0.05) is 44.0 Å². The minimum atomic E-state index is -0.901. The smallest absolute Gasteiger partial charge is 0.321 e. The summed E-state index contributed by atoms with van der Waals surface area (Å²) >= 11 is 0. The summed E-state index contributed by atoms with van der Waals surface area (Å²) in [4.78, 5) is 21.1. The second-order valence-corrected chi connectivity index (χ2v) is 4.62. The van der Waals surface area contributed by atoms with Gasteiger partial charge in [0.05, 0.1) is 6.10 Å². The fraction of sp³-hybridized carbons (Fsp3) is 0.583. The van der Waals surface area contributed by atoms with Crippen LogP contribution in [0.15, 0.2) is 12.4 Å². The van der Waals surface area contributed by atoms with E-state index in [0.717, 1.165) is 12.1 Å². The topological polar surface area (TPSA) is 98.6 Å². The first-order valence-electron chi connectivity index (χ1n) is 6.30. The van der Waals surface area contributed by atoms with Gasteiger partial charge in [0.2, 0.25) is 5.95 Å². The van der Waals surface area contributed by atoms with Gasteiger partial charge in [0.15, 0.2) is 0 Å². The molecule has 1 aromatic heterocycles. The number of nitrogens with one attached hydrogen (secondary N) is 1. The third-order valence-electron chi connectivity index (χ3n) is 3.09. The number of carbonyl (C=O) groups is 1. The molecule has 0 radical (unpaired) electrons. The summed E-state index contributed by atoms with van der Waals surface area (Å²) in [7, 11) is 0. The summed E-state index contributed by atoms with van der Waals surface area (Å²) in [5.41, 5.74) is 0.835. The average Bonchev–Trinajstić information content (AvgIpc) is 2.73. The molecule has 0 aliphatic carbocycles. The number of hydrogen-bond acceptors (Lipinski definition) is 6. The van der Waals surface area contributed by atoms with Gasteiger partial charge in [-0.1, -0.05) is 0 Å². The van der Waals surface area contributed by atoms with Crippen molar-refractivity contribution < 1.29 is 15.0 Å². The zero-order chi connectivity index (χ0) is 13.8. The molecule has 7 nitrogen and oxygen atoms in total. The van der Waals surface area contributed by atoms with Crippen LogP contribution in [0.4, 0.5) is 5.95 Å². The third-order valence-corrected chi connectivity index (χ3v) is 3.09. The number of β-amino-alcohol motifs (C(OH)–C–C–N with tert-alkyl or cyclic N) is 1. The number of aromatic nitrogens is 2. The molecular weight excluding hydrogens is 248 g/mol. The first kappa shape index (κ1) is 13.7. The summed E-state index contributed by atoms with van der Waals surface area (Å²) in [5, 5.41) is 21.7. The Balaban J connectivity index is 2.01. The maximum absolute atomic E-state index is 11.1. The molecule has 0 bridgehead atoms. The van der Waals surface area contributed by atoms with E-state index in [0.29, 0.717) is 19.0 Å². The van der Waals surface area contributed by atoms with Gasteiger partial charge in [-0.15, -0.1) is 0 Å². The van der Waals surface area contributed by atoms with Crippen molar-refractivity contribution in [3.05, 3.63) is 18.0 Å². The first-order chi connectivity index (χ1) is 9.10. The predicted molar refractivity (Wildman–Crippen MR) is 68.7 cm³/mol. The number of likely N-dealkylation sites (tertiary alicyclic amines) is 1. The molecule has 0 saturated carbocycles. The number of aliphatic carboxylic acids is 1. The van der Waals surface area contributed by atoms with Crippen molar-refractivity contribution in [1.82, 2.24) is 14.9 Å². The van der Waals surface area contributed by atoms with Crippen molar-refractivity contribution in [2.24, 2.45) is 0 Å². The number of aliphatic hydroxyl groups excluding tert-OH is 1. The number of hydrogen-bond donors (Lipinski definition) is 3. The van der Waals surface area contributed by atoms with Gasteiger partial charge in [0.1, 0.15) is 6.04 Å². The van der Waals surface area contributed by atoms with E-state index >= 15 is 0 Å². The summed E-state index contributed by atoms with van der Waals surface area (Å²) in [6, 6.07) is -0.636. The fourth-order valence-corrected chi connectivity index (χ4v) is 2.23. The van der Waals surface area contributed by atoms with Gasteiger partial charge in [-0.2, -0.15) is 0 Å².